The lowest BCUT2D eigenvalue weighted by molar-refractivity contribution is -0.150. The summed E-state index contributed by atoms with van der Waals surface area (Å²) in [6, 6.07) is 0. The lowest BCUT2D eigenvalue weighted by Crippen LogP contribution is -2.60. The Hall–Kier alpha value is -0.00623. The zero-order valence-electron chi connectivity index (χ0n) is 20.9. The number of piperazine rings is 1. The summed E-state index contributed by atoms with van der Waals surface area (Å²) in [4.78, 5) is 29.1. The maximum Gasteiger partial charge on any atom is 0.257 e. The van der Waals surface area contributed by atoms with E-state index >= 15 is 0 Å². The Kier molecular flexibility index (Phi) is 9.22. The van der Waals surface area contributed by atoms with Crippen LogP contribution >= 0.6 is 23.5 Å². The summed E-state index contributed by atoms with van der Waals surface area (Å²) in [5.41, 5.74) is 0. The second-order valence-corrected chi connectivity index (χ2v) is 22.6. The van der Waals surface area contributed by atoms with Crippen LogP contribution in [0.3, 0.4) is 0 Å². The molecule has 0 aliphatic carbocycles. The maximum absolute atomic E-state index is 13.0. The van der Waals surface area contributed by atoms with E-state index in [0.717, 1.165) is 0 Å². The standard InChI is InChI=1S/C20H42N2O4S2Si2/c1-19(2,3)29(9,10)25-13-27-17-15(23)22(8)18(16(24)21(17)7)28-14-26-30(11,12)20(4,5)6/h17-18H,13-14H2,1-12H3/t17-,18+. The molecular formula is C20H42N2O4S2Si2. The van der Waals surface area contributed by atoms with Crippen molar-refractivity contribution in [3.8, 4) is 0 Å². The second-order valence-electron chi connectivity index (χ2n) is 11.0. The third kappa shape index (κ3) is 6.51. The number of carbonyl (C=O) groups excluding carboxylic acids is 2. The molecule has 1 saturated heterocycles. The highest BCUT2D eigenvalue weighted by atomic mass is 32.2. The molecule has 0 bridgehead atoms. The number of thioether (sulfide) groups is 2. The molecule has 1 aliphatic heterocycles. The molecule has 1 fully saturated rings. The highest BCUT2D eigenvalue weighted by molar-refractivity contribution is 8.01. The summed E-state index contributed by atoms with van der Waals surface area (Å²) in [6.07, 6.45) is 0. The predicted octanol–water partition coefficient (Wildman–Crippen LogP) is 4.99. The third-order valence-corrected chi connectivity index (χ3v) is 18.3. The van der Waals surface area contributed by atoms with E-state index < -0.39 is 27.4 Å². The van der Waals surface area contributed by atoms with Gasteiger partial charge in [-0.1, -0.05) is 41.5 Å². The Bertz CT molecular complexity index is 579. The normalized spacial score (nSPS) is 22.1. The molecule has 1 heterocycles. The number of rotatable bonds is 8. The van der Waals surface area contributed by atoms with E-state index in [-0.39, 0.29) is 21.9 Å². The van der Waals surface area contributed by atoms with E-state index in [4.69, 9.17) is 8.85 Å². The zero-order valence-corrected chi connectivity index (χ0v) is 24.5. The van der Waals surface area contributed by atoms with Crippen molar-refractivity contribution in [2.75, 3.05) is 26.0 Å². The number of nitrogens with zero attached hydrogens (tertiary/aromatic N) is 2. The van der Waals surface area contributed by atoms with Gasteiger partial charge in [0.2, 0.25) is 0 Å². The molecule has 0 aromatic rings. The first-order valence-electron chi connectivity index (χ1n) is 10.4. The lowest BCUT2D eigenvalue weighted by atomic mass is 10.2. The van der Waals surface area contributed by atoms with Crippen molar-refractivity contribution in [2.24, 2.45) is 0 Å². The van der Waals surface area contributed by atoms with Crippen LogP contribution in [0, 0.1) is 0 Å². The van der Waals surface area contributed by atoms with Crippen LogP contribution in [0.5, 0.6) is 0 Å². The zero-order chi connectivity index (χ0) is 23.7. The summed E-state index contributed by atoms with van der Waals surface area (Å²) in [6.45, 7) is 21.9. The SMILES string of the molecule is CN1C(=O)[C@H](SCO[Si](C)(C)C(C)(C)C)N(C)C(=O)[C@H]1SCO[Si](C)(C)C(C)(C)C. The van der Waals surface area contributed by atoms with Gasteiger partial charge in [0.25, 0.3) is 11.8 Å². The molecule has 0 saturated carbocycles. The molecule has 0 unspecified atom stereocenters. The van der Waals surface area contributed by atoms with Gasteiger partial charge in [0.1, 0.15) is 0 Å². The fourth-order valence-corrected chi connectivity index (χ4v) is 7.50. The number of likely N-dealkylation sites (N-methyl/N-ethyl adjacent to an activating group) is 2. The average Bonchev–Trinajstić information content (AvgIpc) is 2.57. The largest absolute Gasteiger partial charge is 0.408 e. The molecule has 0 aromatic carbocycles. The molecule has 6 nitrogen and oxygen atoms in total. The van der Waals surface area contributed by atoms with E-state index in [1.54, 1.807) is 23.9 Å². The molecule has 0 N–H and O–H groups in total. The van der Waals surface area contributed by atoms with Crippen LogP contribution in [0.25, 0.3) is 0 Å². The van der Waals surface area contributed by atoms with Gasteiger partial charge in [-0.2, -0.15) is 0 Å². The Morgan fingerprint density at radius 2 is 1.00 bits per heavy atom. The first-order valence-corrected chi connectivity index (χ1v) is 18.3. The van der Waals surface area contributed by atoms with Crippen LogP contribution < -0.4 is 0 Å². The summed E-state index contributed by atoms with van der Waals surface area (Å²) >= 11 is 2.78. The summed E-state index contributed by atoms with van der Waals surface area (Å²) in [5.74, 6) is 0.687. The molecular weight excluding hydrogens is 453 g/mol. The number of hydrogen-bond acceptors (Lipinski definition) is 6. The van der Waals surface area contributed by atoms with Crippen LogP contribution in [0.2, 0.25) is 36.3 Å². The van der Waals surface area contributed by atoms with Crippen molar-refractivity contribution in [3.63, 3.8) is 0 Å². The number of carbonyl (C=O) groups is 2. The Balaban J connectivity index is 2.72. The van der Waals surface area contributed by atoms with Crippen molar-refractivity contribution >= 4 is 52.0 Å². The first kappa shape index (κ1) is 28.0. The molecule has 2 atom stereocenters. The fraction of sp³-hybridized carbons (Fsp3) is 0.900. The molecule has 0 aromatic heterocycles. The van der Waals surface area contributed by atoms with Crippen LogP contribution in [0.4, 0.5) is 0 Å². The smallest absolute Gasteiger partial charge is 0.257 e. The maximum atomic E-state index is 13.0. The van der Waals surface area contributed by atoms with Gasteiger partial charge in [-0.25, -0.2) is 0 Å². The topological polar surface area (TPSA) is 59.1 Å². The molecule has 30 heavy (non-hydrogen) atoms. The van der Waals surface area contributed by atoms with Gasteiger partial charge in [-0.15, -0.1) is 23.5 Å². The minimum atomic E-state index is -1.90. The first-order chi connectivity index (χ1) is 13.3. The van der Waals surface area contributed by atoms with E-state index in [1.165, 1.54) is 23.5 Å². The van der Waals surface area contributed by atoms with Gasteiger partial charge in [-0.3, -0.25) is 9.59 Å². The predicted molar refractivity (Wildman–Crippen MR) is 135 cm³/mol. The van der Waals surface area contributed by atoms with Gasteiger partial charge in [-0.05, 0) is 36.3 Å². The third-order valence-electron chi connectivity index (χ3n) is 6.73. The van der Waals surface area contributed by atoms with Crippen molar-refractivity contribution < 1.29 is 18.4 Å². The van der Waals surface area contributed by atoms with Crippen LogP contribution in [-0.4, -0.2) is 75.0 Å². The van der Waals surface area contributed by atoms with E-state index in [2.05, 4.69) is 67.7 Å². The molecule has 10 heteroatoms. The van der Waals surface area contributed by atoms with Crippen LogP contribution in [0.1, 0.15) is 41.5 Å². The fourth-order valence-electron chi connectivity index (χ4n) is 2.20. The van der Waals surface area contributed by atoms with Crippen LogP contribution in [-0.2, 0) is 18.4 Å². The van der Waals surface area contributed by atoms with E-state index in [0.29, 0.717) is 11.9 Å². The van der Waals surface area contributed by atoms with E-state index in [9.17, 15) is 9.59 Å². The van der Waals surface area contributed by atoms with Crippen molar-refractivity contribution in [1.82, 2.24) is 9.80 Å². The minimum Gasteiger partial charge on any atom is -0.408 e. The quantitative estimate of drug-likeness (QED) is 0.350. The van der Waals surface area contributed by atoms with Crippen molar-refractivity contribution in [3.05, 3.63) is 0 Å². The van der Waals surface area contributed by atoms with Gasteiger partial charge < -0.3 is 18.7 Å². The van der Waals surface area contributed by atoms with Gasteiger partial charge in [0, 0.05) is 14.1 Å². The Morgan fingerprint density at radius 1 is 0.733 bits per heavy atom. The lowest BCUT2D eigenvalue weighted by Gasteiger charge is -2.42. The monoisotopic (exact) mass is 494 g/mol. The molecule has 176 valence electrons. The summed E-state index contributed by atoms with van der Waals surface area (Å²) in [7, 11) is -0.380. The van der Waals surface area contributed by atoms with E-state index in [1.807, 2.05) is 0 Å². The molecule has 1 rings (SSSR count). The molecule has 1 aliphatic rings. The van der Waals surface area contributed by atoms with Gasteiger partial charge in [0.15, 0.2) is 27.4 Å². The van der Waals surface area contributed by atoms with Crippen LogP contribution in [0.15, 0.2) is 0 Å². The highest BCUT2D eigenvalue weighted by Gasteiger charge is 2.45. The molecule has 2 amide bonds. The second kappa shape index (κ2) is 9.86. The number of hydrogen-bond donors (Lipinski definition) is 0. The Morgan fingerprint density at radius 3 is 1.23 bits per heavy atom. The average molecular weight is 495 g/mol. The molecule has 0 spiro atoms. The number of amides is 2. The van der Waals surface area contributed by atoms with Gasteiger partial charge >= 0.3 is 0 Å². The summed E-state index contributed by atoms with van der Waals surface area (Å²) in [5, 5.41) is -0.890. The highest BCUT2D eigenvalue weighted by Crippen LogP contribution is 2.39. The minimum absolute atomic E-state index is 0.0641. The summed E-state index contributed by atoms with van der Waals surface area (Å²) < 4.78 is 12.4. The van der Waals surface area contributed by atoms with Gasteiger partial charge in [0.05, 0.1) is 11.9 Å². The Labute approximate surface area is 194 Å². The molecule has 0 radical (unpaired) electrons. The van der Waals surface area contributed by atoms with Crippen molar-refractivity contribution in [1.29, 1.82) is 0 Å². The van der Waals surface area contributed by atoms with Crippen molar-refractivity contribution in [2.45, 2.75) is 88.6 Å².